The van der Waals surface area contributed by atoms with Gasteiger partial charge < -0.3 is 14.5 Å². The lowest BCUT2D eigenvalue weighted by molar-refractivity contribution is 0.379. The number of aromatic nitrogens is 4. The first-order chi connectivity index (χ1) is 8.71. The molecule has 0 atom stereocenters. The van der Waals surface area contributed by atoms with E-state index in [2.05, 4.69) is 30.7 Å². The van der Waals surface area contributed by atoms with Crippen LogP contribution in [0.25, 0.3) is 0 Å². The summed E-state index contributed by atoms with van der Waals surface area (Å²) in [6, 6.07) is 0.157. The molecule has 0 aliphatic carbocycles. The minimum Gasteiger partial charge on any atom is -0.467 e. The number of nitrogens with two attached hydrogens (primary N) is 1. The van der Waals surface area contributed by atoms with Gasteiger partial charge in [0.1, 0.15) is 5.76 Å². The van der Waals surface area contributed by atoms with Crippen molar-refractivity contribution in [2.24, 2.45) is 5.84 Å². The summed E-state index contributed by atoms with van der Waals surface area (Å²) in [6.07, 6.45) is 1.64. The van der Waals surface area contributed by atoms with Crippen molar-refractivity contribution in [3.8, 4) is 6.01 Å². The zero-order chi connectivity index (χ0) is 13.0. The fraction of sp³-hybridized carbons (Fsp3) is 0.333. The fourth-order valence-corrected chi connectivity index (χ4v) is 1.23. The number of anilines is 2. The highest BCUT2D eigenvalue weighted by molar-refractivity contribution is 5.34. The average Bonchev–Trinajstić information content (AvgIpc) is 2.81. The molecule has 9 nitrogen and oxygen atoms in total. The number of methoxy groups -OCH3 is 1. The molecule has 2 rings (SSSR count). The number of nitrogens with one attached hydrogen (secondary N) is 2. The van der Waals surface area contributed by atoms with Crippen LogP contribution >= 0.6 is 0 Å². The summed E-state index contributed by atoms with van der Waals surface area (Å²) in [4.78, 5) is 15.9. The molecule has 0 amide bonds. The van der Waals surface area contributed by atoms with Gasteiger partial charge in [-0.3, -0.25) is 5.43 Å². The van der Waals surface area contributed by atoms with Gasteiger partial charge in [0, 0.05) is 0 Å². The van der Waals surface area contributed by atoms with Gasteiger partial charge in [-0.25, -0.2) is 10.8 Å². The van der Waals surface area contributed by atoms with Crippen LogP contribution in [0, 0.1) is 6.92 Å². The van der Waals surface area contributed by atoms with Crippen LogP contribution in [0.4, 0.5) is 11.9 Å². The van der Waals surface area contributed by atoms with Gasteiger partial charge in [-0.05, 0) is 6.92 Å². The predicted molar refractivity (Wildman–Crippen MR) is 62.8 cm³/mol. The van der Waals surface area contributed by atoms with Gasteiger partial charge in [-0.2, -0.15) is 15.0 Å². The van der Waals surface area contributed by atoms with Crippen LogP contribution in [0.2, 0.25) is 0 Å². The summed E-state index contributed by atoms with van der Waals surface area (Å²) in [7, 11) is 1.46. The van der Waals surface area contributed by atoms with E-state index in [-0.39, 0.29) is 12.0 Å². The van der Waals surface area contributed by atoms with E-state index < -0.39 is 0 Å². The molecule has 0 saturated carbocycles. The second-order valence-corrected chi connectivity index (χ2v) is 3.33. The minimum absolute atomic E-state index is 0.157. The lowest BCUT2D eigenvalue weighted by Crippen LogP contribution is -2.14. The second-order valence-electron chi connectivity index (χ2n) is 3.33. The number of oxazole rings is 1. The molecule has 2 heterocycles. The lowest BCUT2D eigenvalue weighted by atomic mass is 10.6. The summed E-state index contributed by atoms with van der Waals surface area (Å²) in [5.74, 6) is 7.02. The van der Waals surface area contributed by atoms with E-state index in [0.717, 1.165) is 5.76 Å². The van der Waals surface area contributed by atoms with E-state index in [0.29, 0.717) is 18.4 Å². The van der Waals surface area contributed by atoms with E-state index >= 15 is 0 Å². The Labute approximate surface area is 103 Å². The minimum atomic E-state index is 0.157. The number of aryl methyl sites for hydroxylation is 1. The molecule has 0 bridgehead atoms. The quantitative estimate of drug-likeness (QED) is 0.500. The van der Waals surface area contributed by atoms with Crippen molar-refractivity contribution in [1.29, 1.82) is 0 Å². The molecule has 0 radical (unpaired) electrons. The van der Waals surface area contributed by atoms with Crippen molar-refractivity contribution in [1.82, 2.24) is 19.9 Å². The first-order valence-electron chi connectivity index (χ1n) is 5.13. The maximum absolute atomic E-state index is 5.30. The summed E-state index contributed by atoms with van der Waals surface area (Å²) in [5.41, 5.74) is 2.32. The maximum Gasteiger partial charge on any atom is 0.322 e. The molecule has 0 aromatic carbocycles. The molecule has 18 heavy (non-hydrogen) atoms. The van der Waals surface area contributed by atoms with Crippen LogP contribution in [-0.4, -0.2) is 27.0 Å². The molecule has 0 saturated heterocycles. The van der Waals surface area contributed by atoms with Crippen molar-refractivity contribution >= 4 is 11.9 Å². The molecular formula is C9H13N7O2. The monoisotopic (exact) mass is 251 g/mol. The Morgan fingerprint density at radius 1 is 1.33 bits per heavy atom. The van der Waals surface area contributed by atoms with Crippen molar-refractivity contribution in [2.75, 3.05) is 17.9 Å². The Kier molecular flexibility index (Phi) is 3.53. The number of hydrogen-bond acceptors (Lipinski definition) is 9. The Hall–Kier alpha value is -2.42. The van der Waals surface area contributed by atoms with Gasteiger partial charge in [0.05, 0.1) is 19.9 Å². The molecule has 9 heteroatoms. The SMILES string of the molecule is COc1nc(NN)nc(NCc2ncc(C)o2)n1. The molecule has 2 aromatic heterocycles. The fourth-order valence-electron chi connectivity index (χ4n) is 1.23. The van der Waals surface area contributed by atoms with Crippen molar-refractivity contribution in [2.45, 2.75) is 13.5 Å². The smallest absolute Gasteiger partial charge is 0.322 e. The molecule has 2 aromatic rings. The van der Waals surface area contributed by atoms with Crippen LogP contribution in [-0.2, 0) is 6.54 Å². The van der Waals surface area contributed by atoms with E-state index in [4.69, 9.17) is 15.0 Å². The van der Waals surface area contributed by atoms with Crippen molar-refractivity contribution in [3.05, 3.63) is 17.8 Å². The van der Waals surface area contributed by atoms with E-state index in [1.807, 2.05) is 6.92 Å². The third-order valence-corrected chi connectivity index (χ3v) is 1.99. The number of hydrogen-bond donors (Lipinski definition) is 3. The lowest BCUT2D eigenvalue weighted by Gasteiger charge is -2.06. The van der Waals surface area contributed by atoms with Crippen LogP contribution in [0.1, 0.15) is 11.7 Å². The number of rotatable bonds is 5. The maximum atomic E-state index is 5.30. The third kappa shape index (κ3) is 2.83. The standard InChI is InChI=1S/C9H13N7O2/c1-5-3-11-6(18-5)4-12-7-13-8(16-10)15-9(14-7)17-2/h3H,4,10H2,1-2H3,(H2,12,13,14,15,16). The van der Waals surface area contributed by atoms with E-state index in [1.54, 1.807) is 6.20 Å². The van der Waals surface area contributed by atoms with Gasteiger partial charge in [0.15, 0.2) is 0 Å². The van der Waals surface area contributed by atoms with E-state index in [1.165, 1.54) is 7.11 Å². The highest BCUT2D eigenvalue weighted by atomic mass is 16.5. The molecule has 0 aliphatic rings. The zero-order valence-electron chi connectivity index (χ0n) is 9.97. The van der Waals surface area contributed by atoms with Gasteiger partial charge in [0.2, 0.25) is 17.8 Å². The number of ether oxygens (including phenoxy) is 1. The molecule has 4 N–H and O–H groups in total. The van der Waals surface area contributed by atoms with Gasteiger partial charge in [-0.1, -0.05) is 0 Å². The molecule has 0 unspecified atom stereocenters. The Morgan fingerprint density at radius 3 is 2.72 bits per heavy atom. The highest BCUT2D eigenvalue weighted by Crippen LogP contribution is 2.11. The number of nitrogen functional groups attached to an aromatic ring is 1. The van der Waals surface area contributed by atoms with Crippen LogP contribution in [0.5, 0.6) is 6.01 Å². The molecule has 0 aliphatic heterocycles. The van der Waals surface area contributed by atoms with Gasteiger partial charge in [-0.15, -0.1) is 0 Å². The first-order valence-corrected chi connectivity index (χ1v) is 5.13. The summed E-state index contributed by atoms with van der Waals surface area (Å²) in [6.45, 7) is 2.17. The van der Waals surface area contributed by atoms with Gasteiger partial charge >= 0.3 is 6.01 Å². The Bertz CT molecular complexity index is 505. The molecule has 0 fully saturated rings. The predicted octanol–water partition coefficient (Wildman–Crippen LogP) is 0.0743. The topological polar surface area (TPSA) is 124 Å². The first kappa shape index (κ1) is 12.0. The summed E-state index contributed by atoms with van der Waals surface area (Å²) >= 11 is 0. The van der Waals surface area contributed by atoms with Crippen LogP contribution in [0.15, 0.2) is 10.6 Å². The average molecular weight is 251 g/mol. The largest absolute Gasteiger partial charge is 0.467 e. The number of nitrogens with zero attached hydrogens (tertiary/aromatic N) is 4. The Balaban J connectivity index is 2.08. The van der Waals surface area contributed by atoms with E-state index in [9.17, 15) is 0 Å². The third-order valence-electron chi connectivity index (χ3n) is 1.99. The second kappa shape index (κ2) is 5.27. The molecule has 96 valence electrons. The highest BCUT2D eigenvalue weighted by Gasteiger charge is 2.07. The summed E-state index contributed by atoms with van der Waals surface area (Å²) in [5, 5.41) is 2.93. The summed E-state index contributed by atoms with van der Waals surface area (Å²) < 4.78 is 10.2. The molecular weight excluding hydrogens is 238 g/mol. The Morgan fingerprint density at radius 2 is 2.11 bits per heavy atom. The van der Waals surface area contributed by atoms with Gasteiger partial charge in [0.25, 0.3) is 0 Å². The zero-order valence-corrected chi connectivity index (χ0v) is 9.97. The number of hydrazine groups is 1. The normalized spacial score (nSPS) is 10.2. The van der Waals surface area contributed by atoms with Crippen LogP contribution in [0.3, 0.4) is 0 Å². The van der Waals surface area contributed by atoms with Crippen molar-refractivity contribution < 1.29 is 9.15 Å². The van der Waals surface area contributed by atoms with Crippen molar-refractivity contribution in [3.63, 3.8) is 0 Å². The molecule has 0 spiro atoms. The van der Waals surface area contributed by atoms with Crippen LogP contribution < -0.4 is 21.3 Å².